The maximum Gasteiger partial charge on any atom is 0.321 e. The number of carboxylic acid groups (broad SMARTS) is 1. The largest absolute Gasteiger partial charge is 0.480 e. The van der Waals surface area contributed by atoms with Gasteiger partial charge in [0.05, 0.1) is 6.07 Å². The second kappa shape index (κ2) is 3.54. The van der Waals surface area contributed by atoms with E-state index in [1.807, 2.05) is 0 Å². The molecule has 0 saturated heterocycles. The minimum Gasteiger partial charge on any atom is -0.480 e. The van der Waals surface area contributed by atoms with Crippen molar-refractivity contribution in [3.05, 3.63) is 0 Å². The molecule has 0 aliphatic carbocycles. The van der Waals surface area contributed by atoms with Crippen LogP contribution in [0.5, 0.6) is 0 Å². The average Bonchev–Trinajstić information content (AvgIpc) is 2.01. The summed E-state index contributed by atoms with van der Waals surface area (Å²) in [5, 5.41) is 13.9. The van der Waals surface area contributed by atoms with Crippen molar-refractivity contribution in [2.75, 3.05) is 0 Å². The molecule has 0 aromatic rings. The Hall–Kier alpha value is -1.09. The van der Waals surface area contributed by atoms with E-state index in [1.165, 1.54) is 6.07 Å². The van der Waals surface area contributed by atoms with Crippen LogP contribution >= 0.6 is 0 Å². The van der Waals surface area contributed by atoms with Crippen LogP contribution in [0, 0.1) is 11.3 Å². The molecule has 0 aromatic carbocycles. The van der Waals surface area contributed by atoms with Gasteiger partial charge in [-0.3, -0.25) is 4.79 Å². The lowest BCUT2D eigenvalue weighted by Crippen LogP contribution is -2.33. The summed E-state index contributed by atoms with van der Waals surface area (Å²) in [4.78, 5) is 10.3. The first-order valence-corrected chi connectivity index (χ1v) is 4.80. The van der Waals surface area contributed by atoms with Crippen molar-refractivity contribution >= 4 is 15.8 Å². The maximum atomic E-state index is 11.1. The number of carbonyl (C=O) groups is 1. The fraction of sp³-hybridized carbons (Fsp3) is 0.667. The summed E-state index contributed by atoms with van der Waals surface area (Å²) in [5.41, 5.74) is 0. The molecular weight excluding hydrogens is 182 g/mol. The van der Waals surface area contributed by atoms with Gasteiger partial charge in [-0.05, 0) is 13.8 Å². The fourth-order valence-electron chi connectivity index (χ4n) is 0.520. The molecule has 0 radical (unpaired) electrons. The van der Waals surface area contributed by atoms with Crippen LogP contribution < -0.4 is 0 Å². The summed E-state index contributed by atoms with van der Waals surface area (Å²) in [5.74, 6) is -1.43. The molecule has 0 fully saturated rings. The highest BCUT2D eigenvalue weighted by Crippen LogP contribution is 2.08. The van der Waals surface area contributed by atoms with Crippen LogP contribution in [0.15, 0.2) is 0 Å². The first-order valence-electron chi connectivity index (χ1n) is 3.19. The van der Waals surface area contributed by atoms with Gasteiger partial charge in [-0.2, -0.15) is 5.26 Å². The second-order valence-electron chi connectivity index (χ2n) is 2.34. The standard InChI is InChI=1S/C6H9NO4S/c1-4(3-7)12(10,11)5(2)6(8)9/h4-5H,1-2H3,(H,8,9). The molecule has 0 aliphatic rings. The van der Waals surface area contributed by atoms with E-state index in [4.69, 9.17) is 10.4 Å². The van der Waals surface area contributed by atoms with Crippen molar-refractivity contribution in [1.29, 1.82) is 5.26 Å². The minimum atomic E-state index is -3.85. The molecule has 0 saturated carbocycles. The molecule has 12 heavy (non-hydrogen) atoms. The topological polar surface area (TPSA) is 95.2 Å². The summed E-state index contributed by atoms with van der Waals surface area (Å²) in [6.45, 7) is 2.21. The lowest BCUT2D eigenvalue weighted by molar-refractivity contribution is -0.136. The fourth-order valence-corrected chi connectivity index (χ4v) is 1.56. The molecule has 0 spiro atoms. The van der Waals surface area contributed by atoms with E-state index in [-0.39, 0.29) is 0 Å². The molecule has 2 atom stereocenters. The van der Waals surface area contributed by atoms with Crippen molar-refractivity contribution < 1.29 is 18.3 Å². The zero-order valence-corrected chi connectivity index (χ0v) is 7.50. The Labute approximate surface area is 70.5 Å². The molecule has 6 heteroatoms. The van der Waals surface area contributed by atoms with E-state index in [0.717, 1.165) is 13.8 Å². The molecule has 1 N–H and O–H groups in total. The first-order chi connectivity index (χ1) is 5.34. The van der Waals surface area contributed by atoms with Gasteiger partial charge in [0.15, 0.2) is 15.1 Å². The summed E-state index contributed by atoms with van der Waals surface area (Å²) in [7, 11) is -3.85. The van der Waals surface area contributed by atoms with Crippen LogP contribution in [0.25, 0.3) is 0 Å². The van der Waals surface area contributed by atoms with Crippen LogP contribution in [-0.2, 0) is 14.6 Å². The van der Waals surface area contributed by atoms with Crippen molar-refractivity contribution in [1.82, 2.24) is 0 Å². The molecule has 0 amide bonds. The molecule has 0 bridgehead atoms. The van der Waals surface area contributed by atoms with Gasteiger partial charge in [0.1, 0.15) is 5.25 Å². The quantitative estimate of drug-likeness (QED) is 0.665. The van der Waals surface area contributed by atoms with Crippen LogP contribution in [0.2, 0.25) is 0 Å². The number of nitriles is 1. The molecule has 0 aromatic heterocycles. The van der Waals surface area contributed by atoms with Gasteiger partial charge >= 0.3 is 5.97 Å². The number of carboxylic acids is 1. The van der Waals surface area contributed by atoms with E-state index in [1.54, 1.807) is 0 Å². The zero-order chi connectivity index (χ0) is 9.94. The summed E-state index contributed by atoms with van der Waals surface area (Å²) < 4.78 is 22.2. The summed E-state index contributed by atoms with van der Waals surface area (Å²) in [6, 6.07) is 1.49. The lowest BCUT2D eigenvalue weighted by Gasteiger charge is -2.08. The van der Waals surface area contributed by atoms with Crippen LogP contribution in [-0.4, -0.2) is 30.0 Å². The van der Waals surface area contributed by atoms with Gasteiger partial charge in [0.2, 0.25) is 0 Å². The van der Waals surface area contributed by atoms with Crippen LogP contribution in [0.1, 0.15) is 13.8 Å². The molecule has 2 unspecified atom stereocenters. The highest BCUT2D eigenvalue weighted by atomic mass is 32.2. The Bertz CT molecular complexity index is 313. The summed E-state index contributed by atoms with van der Waals surface area (Å²) >= 11 is 0. The number of sulfone groups is 1. The van der Waals surface area contributed by atoms with Gasteiger partial charge in [0, 0.05) is 0 Å². The monoisotopic (exact) mass is 191 g/mol. The highest BCUT2D eigenvalue weighted by molar-refractivity contribution is 7.93. The third-order valence-electron chi connectivity index (χ3n) is 1.52. The number of rotatable bonds is 3. The normalized spacial score (nSPS) is 16.1. The second-order valence-corrected chi connectivity index (χ2v) is 4.93. The zero-order valence-electron chi connectivity index (χ0n) is 6.68. The maximum absolute atomic E-state index is 11.1. The first kappa shape index (κ1) is 10.9. The smallest absolute Gasteiger partial charge is 0.321 e. The Morgan fingerprint density at radius 3 is 2.17 bits per heavy atom. The molecule has 0 heterocycles. The number of hydrogen-bond donors (Lipinski definition) is 1. The van der Waals surface area contributed by atoms with Gasteiger partial charge in [0.25, 0.3) is 0 Å². The lowest BCUT2D eigenvalue weighted by atomic mass is 10.5. The van der Waals surface area contributed by atoms with Crippen molar-refractivity contribution in [2.45, 2.75) is 24.3 Å². The molecule has 68 valence electrons. The molecule has 0 aliphatic heterocycles. The molecular formula is C6H9NO4S. The van der Waals surface area contributed by atoms with E-state index in [0.29, 0.717) is 0 Å². The van der Waals surface area contributed by atoms with Crippen molar-refractivity contribution in [3.63, 3.8) is 0 Å². The Morgan fingerprint density at radius 2 is 1.92 bits per heavy atom. The van der Waals surface area contributed by atoms with Crippen molar-refractivity contribution in [2.24, 2.45) is 0 Å². The highest BCUT2D eigenvalue weighted by Gasteiger charge is 2.32. The van der Waals surface area contributed by atoms with Gasteiger partial charge < -0.3 is 5.11 Å². The number of hydrogen-bond acceptors (Lipinski definition) is 4. The number of nitrogens with zero attached hydrogens (tertiary/aromatic N) is 1. The average molecular weight is 191 g/mol. The van der Waals surface area contributed by atoms with Crippen molar-refractivity contribution in [3.8, 4) is 6.07 Å². The SMILES string of the molecule is CC(C#N)S(=O)(=O)C(C)C(=O)O. The Kier molecular flexibility index (Phi) is 3.22. The van der Waals surface area contributed by atoms with E-state index in [2.05, 4.69) is 0 Å². The van der Waals surface area contributed by atoms with Crippen LogP contribution in [0.3, 0.4) is 0 Å². The number of aliphatic carboxylic acids is 1. The Morgan fingerprint density at radius 1 is 1.50 bits per heavy atom. The predicted octanol–water partition coefficient (Wildman–Crippen LogP) is -0.214. The minimum absolute atomic E-state index is 1.05. The third-order valence-corrected chi connectivity index (χ3v) is 3.79. The molecule has 0 rings (SSSR count). The van der Waals surface area contributed by atoms with Gasteiger partial charge in [-0.15, -0.1) is 0 Å². The molecule has 5 nitrogen and oxygen atoms in total. The van der Waals surface area contributed by atoms with Crippen LogP contribution in [0.4, 0.5) is 0 Å². The van der Waals surface area contributed by atoms with E-state index < -0.39 is 26.3 Å². The third kappa shape index (κ3) is 1.95. The van der Waals surface area contributed by atoms with Gasteiger partial charge in [-0.1, -0.05) is 0 Å². The summed E-state index contributed by atoms with van der Waals surface area (Å²) in [6.07, 6.45) is 0. The predicted molar refractivity (Wildman–Crippen MR) is 41.1 cm³/mol. The van der Waals surface area contributed by atoms with E-state index >= 15 is 0 Å². The van der Waals surface area contributed by atoms with Gasteiger partial charge in [-0.25, -0.2) is 8.42 Å². The Balaban J connectivity index is 4.90. The van der Waals surface area contributed by atoms with E-state index in [9.17, 15) is 13.2 Å².